The van der Waals surface area contributed by atoms with Gasteiger partial charge in [-0.3, -0.25) is 9.59 Å². The average Bonchev–Trinajstić information content (AvgIpc) is 2.94. The molecule has 6 heteroatoms. The summed E-state index contributed by atoms with van der Waals surface area (Å²) in [5.74, 6) is -2.17. The van der Waals surface area contributed by atoms with Crippen molar-refractivity contribution in [3.05, 3.63) is 35.4 Å². The Labute approximate surface area is 114 Å². The molecule has 1 saturated heterocycles. The average molecular weight is 280 g/mol. The molecule has 20 heavy (non-hydrogen) atoms. The molecular formula is C14H14F2N2O2. The maximum absolute atomic E-state index is 13.3. The van der Waals surface area contributed by atoms with Crippen molar-refractivity contribution in [2.24, 2.45) is 11.7 Å². The van der Waals surface area contributed by atoms with Crippen LogP contribution < -0.4 is 11.1 Å². The monoisotopic (exact) mass is 280 g/mol. The Morgan fingerprint density at radius 3 is 2.50 bits per heavy atom. The van der Waals surface area contributed by atoms with E-state index in [-0.39, 0.29) is 23.5 Å². The van der Waals surface area contributed by atoms with Crippen LogP contribution >= 0.6 is 0 Å². The minimum absolute atomic E-state index is 0.0180. The van der Waals surface area contributed by atoms with E-state index in [1.807, 2.05) is 0 Å². The smallest absolute Gasteiger partial charge is 0.224 e. The predicted molar refractivity (Wildman–Crippen MR) is 66.8 cm³/mol. The number of nitrogens with one attached hydrogen (secondary N) is 1. The lowest BCUT2D eigenvalue weighted by Crippen LogP contribution is -2.37. The van der Waals surface area contributed by atoms with E-state index in [0.29, 0.717) is 18.5 Å². The molecule has 3 N–H and O–H groups in total. The molecular weight excluding hydrogens is 266 g/mol. The number of hydrogen-bond donors (Lipinski definition) is 2. The van der Waals surface area contributed by atoms with E-state index < -0.39 is 23.6 Å². The second-order valence-electron chi connectivity index (χ2n) is 5.59. The SMILES string of the molecule is NC(=O)CC(=O)C1NC[C@@]2(c3cc(F)cc(F)c3)C[C@@H]12. The molecule has 106 valence electrons. The Bertz CT molecular complexity index is 585. The quantitative estimate of drug-likeness (QED) is 0.795. The standard InChI is InChI=1S/C14H14F2N2O2/c15-8-1-7(2-9(16)3-8)14-5-10(14)13(18-6-14)11(19)4-12(17)20/h1-3,10,13,18H,4-6H2,(H2,17,20)/t10-,13?,14+/m0/s1. The summed E-state index contributed by atoms with van der Waals surface area (Å²) in [4.78, 5) is 22.7. The van der Waals surface area contributed by atoms with Gasteiger partial charge in [0.25, 0.3) is 0 Å². The molecule has 1 aromatic rings. The molecule has 3 atom stereocenters. The fourth-order valence-electron chi connectivity index (χ4n) is 3.30. The van der Waals surface area contributed by atoms with Gasteiger partial charge in [0.15, 0.2) is 5.78 Å². The number of hydrogen-bond acceptors (Lipinski definition) is 3. The number of Topliss-reactive ketones (excluding diaryl/α,β-unsaturated/α-hetero) is 1. The number of amides is 1. The summed E-state index contributed by atoms with van der Waals surface area (Å²) in [6.07, 6.45) is 0.389. The molecule has 1 aromatic carbocycles. The Morgan fingerprint density at radius 2 is 1.95 bits per heavy atom. The first-order chi connectivity index (χ1) is 9.42. The largest absolute Gasteiger partial charge is 0.369 e. The lowest BCUT2D eigenvalue weighted by Gasteiger charge is -2.12. The second kappa shape index (κ2) is 4.34. The highest BCUT2D eigenvalue weighted by molar-refractivity contribution is 6.00. The van der Waals surface area contributed by atoms with Crippen LogP contribution in [0.2, 0.25) is 0 Å². The molecule has 3 rings (SSSR count). The third-order valence-electron chi connectivity index (χ3n) is 4.31. The van der Waals surface area contributed by atoms with Gasteiger partial charge in [-0.25, -0.2) is 8.78 Å². The van der Waals surface area contributed by atoms with E-state index >= 15 is 0 Å². The second-order valence-corrected chi connectivity index (χ2v) is 5.59. The highest BCUT2D eigenvalue weighted by Gasteiger charge is 2.64. The number of ketones is 1. The van der Waals surface area contributed by atoms with Crippen LogP contribution in [0.4, 0.5) is 8.78 Å². The van der Waals surface area contributed by atoms with E-state index in [4.69, 9.17) is 5.73 Å². The number of carbonyl (C=O) groups is 2. The predicted octanol–water partition coefficient (Wildman–Crippen LogP) is 0.639. The molecule has 0 aromatic heterocycles. The summed E-state index contributed by atoms with van der Waals surface area (Å²) in [6.45, 7) is 0.482. The summed E-state index contributed by atoms with van der Waals surface area (Å²) in [6, 6.07) is 3.00. The molecule has 2 aliphatic rings. The Hall–Kier alpha value is -1.82. The highest BCUT2D eigenvalue weighted by atomic mass is 19.1. The summed E-state index contributed by atoms with van der Waals surface area (Å²) in [5.41, 5.74) is 5.20. The van der Waals surface area contributed by atoms with Crippen LogP contribution in [-0.2, 0) is 15.0 Å². The van der Waals surface area contributed by atoms with Crippen molar-refractivity contribution < 1.29 is 18.4 Å². The molecule has 1 aliphatic heterocycles. The number of carbonyl (C=O) groups excluding carboxylic acids is 2. The fraction of sp³-hybridized carbons (Fsp3) is 0.429. The highest BCUT2D eigenvalue weighted by Crippen LogP contribution is 2.59. The zero-order valence-corrected chi connectivity index (χ0v) is 10.7. The van der Waals surface area contributed by atoms with Crippen molar-refractivity contribution in [3.63, 3.8) is 0 Å². The molecule has 1 saturated carbocycles. The van der Waals surface area contributed by atoms with Crippen molar-refractivity contribution in [2.45, 2.75) is 24.3 Å². The number of piperidine rings is 1. The van der Waals surface area contributed by atoms with Gasteiger partial charge in [0, 0.05) is 18.0 Å². The summed E-state index contributed by atoms with van der Waals surface area (Å²) < 4.78 is 26.6. The Balaban J connectivity index is 1.81. The maximum Gasteiger partial charge on any atom is 0.224 e. The molecule has 4 nitrogen and oxygen atoms in total. The number of fused-ring (bicyclic) bond motifs is 1. The summed E-state index contributed by atoms with van der Waals surface area (Å²) in [5, 5.41) is 3.04. The van der Waals surface area contributed by atoms with Gasteiger partial charge in [0.2, 0.25) is 5.91 Å². The number of rotatable bonds is 4. The first-order valence-electron chi connectivity index (χ1n) is 6.43. The van der Waals surface area contributed by atoms with Crippen LogP contribution in [0.15, 0.2) is 18.2 Å². The van der Waals surface area contributed by atoms with Gasteiger partial charge < -0.3 is 11.1 Å². The van der Waals surface area contributed by atoms with Crippen LogP contribution in [0.25, 0.3) is 0 Å². The maximum atomic E-state index is 13.3. The first-order valence-corrected chi connectivity index (χ1v) is 6.43. The fourth-order valence-corrected chi connectivity index (χ4v) is 3.30. The number of nitrogens with two attached hydrogens (primary N) is 1. The number of halogens is 2. The van der Waals surface area contributed by atoms with Crippen molar-refractivity contribution in [1.82, 2.24) is 5.32 Å². The van der Waals surface area contributed by atoms with E-state index in [0.717, 1.165) is 6.07 Å². The van der Waals surface area contributed by atoms with Gasteiger partial charge >= 0.3 is 0 Å². The summed E-state index contributed by atoms with van der Waals surface area (Å²) in [7, 11) is 0. The van der Waals surface area contributed by atoms with Gasteiger partial charge in [-0.2, -0.15) is 0 Å². The van der Waals surface area contributed by atoms with E-state index in [1.165, 1.54) is 12.1 Å². The molecule has 2 fully saturated rings. The molecule has 1 amide bonds. The first kappa shape index (κ1) is 13.2. The van der Waals surface area contributed by atoms with E-state index in [1.54, 1.807) is 0 Å². The number of primary amides is 1. The zero-order valence-electron chi connectivity index (χ0n) is 10.7. The van der Waals surface area contributed by atoms with E-state index in [2.05, 4.69) is 5.32 Å². The van der Waals surface area contributed by atoms with Crippen molar-refractivity contribution >= 4 is 11.7 Å². The minimum Gasteiger partial charge on any atom is -0.369 e. The Kier molecular flexibility index (Phi) is 2.86. The molecule has 1 unspecified atom stereocenters. The van der Waals surface area contributed by atoms with Crippen molar-refractivity contribution in [2.75, 3.05) is 6.54 Å². The van der Waals surface area contributed by atoms with Gasteiger partial charge in [-0.1, -0.05) is 0 Å². The third kappa shape index (κ3) is 2.00. The Morgan fingerprint density at radius 1 is 1.30 bits per heavy atom. The molecule has 0 radical (unpaired) electrons. The molecule has 0 spiro atoms. The van der Waals surface area contributed by atoms with Gasteiger partial charge in [0.1, 0.15) is 11.6 Å². The topological polar surface area (TPSA) is 72.2 Å². The summed E-state index contributed by atoms with van der Waals surface area (Å²) >= 11 is 0. The number of benzene rings is 1. The van der Waals surface area contributed by atoms with Crippen LogP contribution in [0, 0.1) is 17.6 Å². The lowest BCUT2D eigenvalue weighted by molar-refractivity contribution is -0.127. The van der Waals surface area contributed by atoms with Crippen LogP contribution in [0.1, 0.15) is 18.4 Å². The minimum atomic E-state index is -0.660. The van der Waals surface area contributed by atoms with Crippen LogP contribution in [-0.4, -0.2) is 24.3 Å². The molecule has 0 bridgehead atoms. The van der Waals surface area contributed by atoms with Crippen molar-refractivity contribution in [1.29, 1.82) is 0 Å². The van der Waals surface area contributed by atoms with Gasteiger partial charge in [0.05, 0.1) is 12.5 Å². The van der Waals surface area contributed by atoms with Crippen LogP contribution in [0.3, 0.4) is 0 Å². The lowest BCUT2D eigenvalue weighted by atomic mass is 9.93. The van der Waals surface area contributed by atoms with Gasteiger partial charge in [-0.05, 0) is 30.0 Å². The molecule has 1 heterocycles. The van der Waals surface area contributed by atoms with E-state index in [9.17, 15) is 18.4 Å². The zero-order chi connectivity index (χ0) is 14.5. The van der Waals surface area contributed by atoms with Crippen LogP contribution in [0.5, 0.6) is 0 Å². The van der Waals surface area contributed by atoms with Crippen molar-refractivity contribution in [3.8, 4) is 0 Å². The normalized spacial score (nSPS) is 30.9. The third-order valence-corrected chi connectivity index (χ3v) is 4.31. The van der Waals surface area contributed by atoms with Gasteiger partial charge in [-0.15, -0.1) is 0 Å². The molecule has 1 aliphatic carbocycles.